The highest BCUT2D eigenvalue weighted by Crippen LogP contribution is 2.24. The van der Waals surface area contributed by atoms with Gasteiger partial charge in [0.25, 0.3) is 0 Å². The Morgan fingerprint density at radius 2 is 2.04 bits per heavy atom. The van der Waals surface area contributed by atoms with Crippen molar-refractivity contribution in [2.45, 2.75) is 64.0 Å². The van der Waals surface area contributed by atoms with Crippen molar-refractivity contribution in [2.24, 2.45) is 4.99 Å². The Labute approximate surface area is 169 Å². The van der Waals surface area contributed by atoms with Crippen LogP contribution in [-0.2, 0) is 0 Å². The zero-order valence-electron chi connectivity index (χ0n) is 17.1. The number of hydrogen-bond acceptors (Lipinski definition) is 4. The lowest BCUT2D eigenvalue weighted by molar-refractivity contribution is 0.158. The molecule has 0 bridgehead atoms. The first-order valence-electron chi connectivity index (χ1n) is 10.8. The van der Waals surface area contributed by atoms with Crippen molar-refractivity contribution in [3.63, 3.8) is 0 Å². The van der Waals surface area contributed by atoms with E-state index >= 15 is 0 Å². The van der Waals surface area contributed by atoms with Crippen LogP contribution in [0.2, 0.25) is 0 Å². The third kappa shape index (κ3) is 6.39. The predicted molar refractivity (Wildman–Crippen MR) is 118 cm³/mol. The second-order valence-corrected chi connectivity index (χ2v) is 8.87. The minimum atomic E-state index is 0.529. The SMILES string of the molecule is CN=C(NCCCCN1CCCCC1C)NC1CCN(c2cccs2)CC1. The normalized spacial score (nSPS) is 22.8. The van der Waals surface area contributed by atoms with Crippen molar-refractivity contribution in [3.05, 3.63) is 17.5 Å². The summed E-state index contributed by atoms with van der Waals surface area (Å²) in [7, 11) is 1.88. The number of hydrogen-bond donors (Lipinski definition) is 2. The van der Waals surface area contributed by atoms with E-state index in [1.165, 1.54) is 63.0 Å². The largest absolute Gasteiger partial charge is 0.363 e. The molecule has 1 aromatic rings. The number of nitrogens with one attached hydrogen (secondary N) is 2. The average molecular weight is 392 g/mol. The number of aliphatic imine (C=N–C) groups is 1. The minimum Gasteiger partial charge on any atom is -0.363 e. The molecule has 6 heteroatoms. The lowest BCUT2D eigenvalue weighted by atomic mass is 10.0. The summed E-state index contributed by atoms with van der Waals surface area (Å²) in [4.78, 5) is 9.59. The lowest BCUT2D eigenvalue weighted by Gasteiger charge is -2.34. The maximum Gasteiger partial charge on any atom is 0.191 e. The fourth-order valence-corrected chi connectivity index (χ4v) is 5.00. The molecule has 5 nitrogen and oxygen atoms in total. The molecule has 3 rings (SSSR count). The topological polar surface area (TPSA) is 42.9 Å². The van der Waals surface area contributed by atoms with Crippen molar-refractivity contribution in [1.82, 2.24) is 15.5 Å². The molecule has 1 unspecified atom stereocenters. The molecule has 2 aliphatic heterocycles. The van der Waals surface area contributed by atoms with Crippen LogP contribution in [0.5, 0.6) is 0 Å². The Morgan fingerprint density at radius 1 is 1.19 bits per heavy atom. The zero-order chi connectivity index (χ0) is 18.9. The molecule has 2 saturated heterocycles. The van der Waals surface area contributed by atoms with Gasteiger partial charge in [0.05, 0.1) is 5.00 Å². The van der Waals surface area contributed by atoms with E-state index in [4.69, 9.17) is 0 Å². The number of rotatable bonds is 7. The summed E-state index contributed by atoms with van der Waals surface area (Å²) >= 11 is 1.84. The van der Waals surface area contributed by atoms with Crippen LogP contribution < -0.4 is 15.5 Å². The van der Waals surface area contributed by atoms with Crippen LogP contribution >= 0.6 is 11.3 Å². The molecule has 152 valence electrons. The van der Waals surface area contributed by atoms with Gasteiger partial charge in [-0.2, -0.15) is 0 Å². The lowest BCUT2D eigenvalue weighted by Crippen LogP contribution is -2.48. The first-order valence-corrected chi connectivity index (χ1v) is 11.6. The number of anilines is 1. The van der Waals surface area contributed by atoms with E-state index in [9.17, 15) is 0 Å². The number of thiophene rings is 1. The highest BCUT2D eigenvalue weighted by atomic mass is 32.1. The zero-order valence-corrected chi connectivity index (χ0v) is 17.9. The van der Waals surface area contributed by atoms with Crippen molar-refractivity contribution in [1.29, 1.82) is 0 Å². The third-order valence-electron chi connectivity index (χ3n) is 5.98. The standard InChI is InChI=1S/C21H37N5S/c1-18-8-3-5-13-25(18)14-6-4-12-23-21(22-2)24-19-10-15-26(16-11-19)20-9-7-17-27-20/h7,9,17-19H,3-6,8,10-16H2,1-2H3,(H2,22,23,24). The van der Waals surface area contributed by atoms with Gasteiger partial charge in [-0.3, -0.25) is 4.99 Å². The van der Waals surface area contributed by atoms with Gasteiger partial charge < -0.3 is 20.4 Å². The van der Waals surface area contributed by atoms with E-state index in [0.29, 0.717) is 6.04 Å². The Kier molecular flexibility index (Phi) is 8.27. The fourth-order valence-electron chi connectivity index (χ4n) is 4.22. The average Bonchev–Trinajstić information content (AvgIpc) is 3.23. The molecule has 2 aliphatic rings. The fraction of sp³-hybridized carbons (Fsp3) is 0.762. The Balaban J connectivity index is 1.28. The van der Waals surface area contributed by atoms with Gasteiger partial charge in [0, 0.05) is 38.8 Å². The third-order valence-corrected chi connectivity index (χ3v) is 6.91. The van der Waals surface area contributed by atoms with E-state index in [1.54, 1.807) is 0 Å². The van der Waals surface area contributed by atoms with Gasteiger partial charge in [0.1, 0.15) is 0 Å². The number of piperidine rings is 2. The van der Waals surface area contributed by atoms with Crippen LogP contribution in [0.25, 0.3) is 0 Å². The molecule has 3 heterocycles. The summed E-state index contributed by atoms with van der Waals surface area (Å²) in [5.74, 6) is 0.968. The molecule has 0 aromatic carbocycles. The minimum absolute atomic E-state index is 0.529. The molecular formula is C21H37N5S. The van der Waals surface area contributed by atoms with Crippen LogP contribution in [0.1, 0.15) is 51.9 Å². The first kappa shape index (κ1) is 20.5. The molecule has 0 radical (unpaired) electrons. The molecule has 0 aliphatic carbocycles. The molecule has 2 N–H and O–H groups in total. The number of unbranched alkanes of at least 4 members (excludes halogenated alkanes) is 1. The van der Waals surface area contributed by atoms with Crippen LogP contribution in [0.3, 0.4) is 0 Å². The Morgan fingerprint density at radius 3 is 2.74 bits per heavy atom. The molecule has 1 aromatic heterocycles. The molecule has 0 spiro atoms. The summed E-state index contributed by atoms with van der Waals surface area (Å²) in [6.45, 7) is 8.19. The quantitative estimate of drug-likeness (QED) is 0.424. The van der Waals surface area contributed by atoms with E-state index < -0.39 is 0 Å². The van der Waals surface area contributed by atoms with Crippen LogP contribution in [0.4, 0.5) is 5.00 Å². The summed E-state index contributed by atoms with van der Waals surface area (Å²) in [5.41, 5.74) is 0. The molecule has 1 atom stereocenters. The van der Waals surface area contributed by atoms with Crippen molar-refractivity contribution >= 4 is 22.3 Å². The monoisotopic (exact) mass is 391 g/mol. The van der Waals surface area contributed by atoms with Gasteiger partial charge in [-0.05, 0) is 76.1 Å². The van der Waals surface area contributed by atoms with Gasteiger partial charge in [0.2, 0.25) is 0 Å². The molecular weight excluding hydrogens is 354 g/mol. The second-order valence-electron chi connectivity index (χ2n) is 7.94. The van der Waals surface area contributed by atoms with Gasteiger partial charge >= 0.3 is 0 Å². The molecule has 27 heavy (non-hydrogen) atoms. The van der Waals surface area contributed by atoms with Crippen LogP contribution in [0, 0.1) is 0 Å². The van der Waals surface area contributed by atoms with E-state index in [1.807, 2.05) is 18.4 Å². The summed E-state index contributed by atoms with van der Waals surface area (Å²) < 4.78 is 0. The smallest absolute Gasteiger partial charge is 0.191 e. The van der Waals surface area contributed by atoms with Gasteiger partial charge in [-0.25, -0.2) is 0 Å². The van der Waals surface area contributed by atoms with Gasteiger partial charge in [-0.15, -0.1) is 11.3 Å². The maximum absolute atomic E-state index is 4.42. The number of guanidine groups is 1. The first-order chi connectivity index (χ1) is 13.3. The van der Waals surface area contributed by atoms with Crippen LogP contribution in [-0.4, -0.2) is 62.7 Å². The Bertz CT molecular complexity index is 551. The number of nitrogens with zero attached hydrogens (tertiary/aromatic N) is 3. The van der Waals surface area contributed by atoms with Gasteiger partial charge in [0.15, 0.2) is 5.96 Å². The predicted octanol–water partition coefficient (Wildman–Crippen LogP) is 3.54. The van der Waals surface area contributed by atoms with Crippen LogP contribution in [0.15, 0.2) is 22.5 Å². The molecule has 0 amide bonds. The highest BCUT2D eigenvalue weighted by molar-refractivity contribution is 7.14. The highest BCUT2D eigenvalue weighted by Gasteiger charge is 2.21. The Hall–Kier alpha value is -1.27. The van der Waals surface area contributed by atoms with Gasteiger partial charge in [-0.1, -0.05) is 6.42 Å². The van der Waals surface area contributed by atoms with E-state index in [-0.39, 0.29) is 0 Å². The molecule has 0 saturated carbocycles. The second kappa shape index (κ2) is 10.9. The molecule has 2 fully saturated rings. The number of likely N-dealkylation sites (tertiary alicyclic amines) is 1. The van der Waals surface area contributed by atoms with Crippen molar-refractivity contribution in [3.8, 4) is 0 Å². The summed E-state index contributed by atoms with van der Waals surface area (Å²) in [6, 6.07) is 5.67. The van der Waals surface area contributed by atoms with E-state index in [2.05, 4.69) is 49.9 Å². The maximum atomic E-state index is 4.42. The van der Waals surface area contributed by atoms with E-state index in [0.717, 1.165) is 31.6 Å². The summed E-state index contributed by atoms with van der Waals surface area (Å²) in [6.07, 6.45) is 8.99. The summed E-state index contributed by atoms with van der Waals surface area (Å²) in [5, 5.41) is 10.7. The van der Waals surface area contributed by atoms with Crippen molar-refractivity contribution in [2.75, 3.05) is 44.7 Å². The van der Waals surface area contributed by atoms with Crippen molar-refractivity contribution < 1.29 is 0 Å².